The molecule has 1 fully saturated rings. The maximum Gasteiger partial charge on any atom is 0.230 e. The first-order chi connectivity index (χ1) is 18.1. The zero-order valence-corrected chi connectivity index (χ0v) is 22.5. The molecule has 196 valence electrons. The number of carbonyl (C=O) groups excluding carboxylic acids is 1. The summed E-state index contributed by atoms with van der Waals surface area (Å²) in [6.45, 7) is 5.79. The van der Waals surface area contributed by atoms with E-state index in [-0.39, 0.29) is 24.5 Å². The molecular weight excluding hydrogens is 498 g/mol. The molecule has 0 bridgehead atoms. The van der Waals surface area contributed by atoms with E-state index in [1.807, 2.05) is 36.4 Å². The third-order valence-electron chi connectivity index (χ3n) is 6.48. The Morgan fingerprint density at radius 2 is 1.79 bits per heavy atom. The van der Waals surface area contributed by atoms with Crippen LogP contribution in [-0.4, -0.2) is 51.6 Å². The smallest absolute Gasteiger partial charge is 0.230 e. The number of hydrogen-bond donors (Lipinski definition) is 2. The summed E-state index contributed by atoms with van der Waals surface area (Å²) in [6.07, 6.45) is 3.58. The van der Waals surface area contributed by atoms with Crippen molar-refractivity contribution in [1.29, 1.82) is 4.78 Å². The molecule has 38 heavy (non-hydrogen) atoms. The average Bonchev–Trinajstić information content (AvgIpc) is 2.87. The highest BCUT2D eigenvalue weighted by atomic mass is 32.2. The lowest BCUT2D eigenvalue weighted by molar-refractivity contribution is -0.115. The van der Waals surface area contributed by atoms with Gasteiger partial charge in [-0.25, -0.2) is 14.0 Å². The van der Waals surface area contributed by atoms with Gasteiger partial charge in [0.05, 0.1) is 39.7 Å². The average molecular weight is 530 g/mol. The molecule has 2 N–H and O–H groups in total. The van der Waals surface area contributed by atoms with Gasteiger partial charge in [0.1, 0.15) is 5.82 Å². The second-order valence-corrected chi connectivity index (χ2v) is 12.0. The van der Waals surface area contributed by atoms with Crippen LogP contribution in [0.25, 0.3) is 22.0 Å². The molecule has 1 amide bonds. The van der Waals surface area contributed by atoms with Crippen LogP contribution in [0.15, 0.2) is 77.8 Å². The number of benzene rings is 2. The first kappa shape index (κ1) is 25.8. The van der Waals surface area contributed by atoms with Gasteiger partial charge in [-0.1, -0.05) is 18.2 Å². The number of ether oxygens (including phenoxy) is 1. The van der Waals surface area contributed by atoms with E-state index < -0.39 is 9.73 Å². The highest BCUT2D eigenvalue weighted by molar-refractivity contribution is 7.91. The molecule has 5 rings (SSSR count). The number of pyridine rings is 2. The summed E-state index contributed by atoms with van der Waals surface area (Å²) in [5.41, 5.74) is 3.13. The molecule has 0 aliphatic carbocycles. The minimum Gasteiger partial charge on any atom is -0.372 e. The topological polar surface area (TPSA) is 108 Å². The molecule has 1 aliphatic heterocycles. The van der Waals surface area contributed by atoms with Crippen molar-refractivity contribution in [2.45, 2.75) is 37.4 Å². The van der Waals surface area contributed by atoms with Crippen molar-refractivity contribution >= 4 is 37.9 Å². The number of nitrogens with zero attached hydrogens (tertiary/aromatic N) is 3. The maximum absolute atomic E-state index is 12.7. The van der Waals surface area contributed by atoms with E-state index in [0.717, 1.165) is 40.9 Å². The summed E-state index contributed by atoms with van der Waals surface area (Å²) in [7, 11) is -2.79. The minimum absolute atomic E-state index is 0.117. The Hall–Kier alpha value is -3.82. The Morgan fingerprint density at radius 1 is 1.05 bits per heavy atom. The van der Waals surface area contributed by atoms with E-state index in [4.69, 9.17) is 14.5 Å². The predicted molar refractivity (Wildman–Crippen MR) is 151 cm³/mol. The van der Waals surface area contributed by atoms with Crippen molar-refractivity contribution in [1.82, 2.24) is 9.97 Å². The van der Waals surface area contributed by atoms with Crippen molar-refractivity contribution in [2.24, 2.45) is 0 Å². The molecule has 1 saturated heterocycles. The number of amides is 1. The zero-order valence-electron chi connectivity index (χ0n) is 21.7. The Bertz CT molecular complexity index is 1580. The molecule has 9 heteroatoms. The van der Waals surface area contributed by atoms with Crippen LogP contribution in [0.4, 0.5) is 11.5 Å². The number of anilines is 2. The summed E-state index contributed by atoms with van der Waals surface area (Å²) < 4.78 is 25.4. The Kier molecular flexibility index (Phi) is 7.14. The molecule has 1 unspecified atom stereocenters. The molecule has 3 heterocycles. The Morgan fingerprint density at radius 3 is 2.50 bits per heavy atom. The van der Waals surface area contributed by atoms with E-state index in [0.29, 0.717) is 16.3 Å². The summed E-state index contributed by atoms with van der Waals surface area (Å²) in [6, 6.07) is 20.7. The highest BCUT2D eigenvalue weighted by Crippen LogP contribution is 2.26. The monoisotopic (exact) mass is 529 g/mol. The summed E-state index contributed by atoms with van der Waals surface area (Å²) in [5, 5.41) is 4.81. The molecule has 2 aromatic heterocycles. The number of rotatable bonds is 6. The predicted octanol–water partition coefficient (Wildman–Crippen LogP) is 5.13. The van der Waals surface area contributed by atoms with Crippen molar-refractivity contribution in [3.63, 3.8) is 0 Å². The first-order valence-electron chi connectivity index (χ1n) is 12.5. The summed E-state index contributed by atoms with van der Waals surface area (Å²) in [4.78, 5) is 24.8. The molecule has 2 aromatic carbocycles. The van der Waals surface area contributed by atoms with Crippen molar-refractivity contribution < 1.29 is 13.7 Å². The maximum atomic E-state index is 12.7. The lowest BCUT2D eigenvalue weighted by atomic mass is 10.0. The molecule has 3 atom stereocenters. The van der Waals surface area contributed by atoms with Crippen molar-refractivity contribution in [2.75, 3.05) is 29.6 Å². The minimum atomic E-state index is -2.79. The third kappa shape index (κ3) is 6.00. The van der Waals surface area contributed by atoms with Crippen LogP contribution in [0.3, 0.4) is 0 Å². The number of morpholine rings is 1. The van der Waals surface area contributed by atoms with Crippen LogP contribution in [0.1, 0.15) is 19.5 Å². The summed E-state index contributed by atoms with van der Waals surface area (Å²) >= 11 is 0. The molecule has 4 aromatic rings. The van der Waals surface area contributed by atoms with Gasteiger partial charge in [-0.15, -0.1) is 0 Å². The SMILES string of the molecule is C[C@@H]1CN(c2cccc(-c3ccc4cnc(CC(=O)Nc5ccc(S(C)(=N)=O)cc5)cc4c3)n2)C[C@H](C)O1. The van der Waals surface area contributed by atoms with Gasteiger partial charge in [0.15, 0.2) is 0 Å². The van der Waals surface area contributed by atoms with Crippen LogP contribution in [0, 0.1) is 4.78 Å². The van der Waals surface area contributed by atoms with Gasteiger partial charge in [-0.05, 0) is 67.8 Å². The van der Waals surface area contributed by atoms with Crippen LogP contribution in [0.2, 0.25) is 0 Å². The molecule has 1 aliphatic rings. The standard InChI is InChI=1S/C29H31N5O3S/c1-19-17-34(18-20(2)37-19)28-6-4-5-27(33-28)21-7-8-22-16-31-25(14-23(22)13-21)15-29(35)32-24-9-11-26(12-10-24)38(3,30)36/h4-14,16,19-20,30H,15,17-18H2,1-3H3,(H,32,35)/t19-,20+,38?. The van der Waals surface area contributed by atoms with Crippen LogP contribution >= 0.6 is 0 Å². The lowest BCUT2D eigenvalue weighted by Gasteiger charge is -2.36. The van der Waals surface area contributed by atoms with Crippen molar-refractivity contribution in [3.05, 3.63) is 78.6 Å². The summed E-state index contributed by atoms with van der Waals surface area (Å²) in [5.74, 6) is 0.737. The molecule has 0 saturated carbocycles. The second-order valence-electron chi connectivity index (χ2n) is 9.87. The van der Waals surface area contributed by atoms with Gasteiger partial charge >= 0.3 is 0 Å². The fraction of sp³-hybridized carbons (Fsp3) is 0.276. The van der Waals surface area contributed by atoms with Crippen LogP contribution in [-0.2, 0) is 25.7 Å². The van der Waals surface area contributed by atoms with Gasteiger partial charge in [0.2, 0.25) is 5.91 Å². The van der Waals surface area contributed by atoms with Gasteiger partial charge in [0.25, 0.3) is 0 Å². The van der Waals surface area contributed by atoms with Gasteiger partial charge in [0, 0.05) is 47.1 Å². The van der Waals surface area contributed by atoms with Crippen LogP contribution in [0.5, 0.6) is 0 Å². The van der Waals surface area contributed by atoms with E-state index in [9.17, 15) is 9.00 Å². The fourth-order valence-electron chi connectivity index (χ4n) is 4.74. The fourth-order valence-corrected chi connectivity index (χ4v) is 5.39. The van der Waals surface area contributed by atoms with E-state index >= 15 is 0 Å². The molecule has 8 nitrogen and oxygen atoms in total. The second kappa shape index (κ2) is 10.5. The number of hydrogen-bond acceptors (Lipinski definition) is 7. The first-order valence-corrected chi connectivity index (χ1v) is 14.5. The van der Waals surface area contributed by atoms with Gasteiger partial charge in [-0.3, -0.25) is 9.78 Å². The Labute approximate surface area is 223 Å². The highest BCUT2D eigenvalue weighted by Gasteiger charge is 2.23. The van der Waals surface area contributed by atoms with E-state index in [1.165, 1.54) is 6.26 Å². The van der Waals surface area contributed by atoms with Crippen molar-refractivity contribution in [3.8, 4) is 11.3 Å². The number of aromatic nitrogens is 2. The number of nitrogens with one attached hydrogen (secondary N) is 2. The quantitative estimate of drug-likeness (QED) is 0.359. The van der Waals surface area contributed by atoms with Gasteiger partial charge in [-0.2, -0.15) is 0 Å². The van der Waals surface area contributed by atoms with Gasteiger partial charge < -0.3 is 15.0 Å². The van der Waals surface area contributed by atoms with E-state index in [2.05, 4.69) is 35.1 Å². The largest absolute Gasteiger partial charge is 0.372 e. The van der Waals surface area contributed by atoms with E-state index in [1.54, 1.807) is 30.5 Å². The van der Waals surface area contributed by atoms with Crippen LogP contribution < -0.4 is 10.2 Å². The zero-order chi connectivity index (χ0) is 26.9. The molecular formula is C29H31N5O3S. The normalized spacial score (nSPS) is 19.2. The number of fused-ring (bicyclic) bond motifs is 1. The molecule has 0 radical (unpaired) electrons. The lowest BCUT2D eigenvalue weighted by Crippen LogP contribution is -2.45. The number of carbonyl (C=O) groups is 1. The molecule has 0 spiro atoms. The third-order valence-corrected chi connectivity index (χ3v) is 7.65. The Balaban J connectivity index is 1.32.